The average molecular weight is 466 g/mol. The van der Waals surface area contributed by atoms with Gasteiger partial charge >= 0.3 is 6.18 Å². The summed E-state index contributed by atoms with van der Waals surface area (Å²) in [5, 5.41) is 0. The predicted molar refractivity (Wildman–Crippen MR) is 123 cm³/mol. The van der Waals surface area contributed by atoms with Gasteiger partial charge in [0.2, 0.25) is 0 Å². The second kappa shape index (κ2) is 8.91. The van der Waals surface area contributed by atoms with Gasteiger partial charge in [0, 0.05) is 48.2 Å². The Bertz CT molecular complexity index is 939. The third-order valence-corrected chi connectivity index (χ3v) is 7.43. The molecule has 182 valence electrons. The highest BCUT2D eigenvalue weighted by atomic mass is 19.4. The number of hydrogen-bond donors (Lipinski definition) is 2. The summed E-state index contributed by atoms with van der Waals surface area (Å²) in [5.74, 6) is 0.904. The highest BCUT2D eigenvalue weighted by Crippen LogP contribution is 2.77. The number of halogens is 3. The number of nitrogen functional groups attached to an aromatic ring is 1. The molecule has 0 amide bonds. The van der Waals surface area contributed by atoms with E-state index in [1.54, 1.807) is 6.08 Å². The Balaban J connectivity index is 1.57. The van der Waals surface area contributed by atoms with E-state index in [9.17, 15) is 13.2 Å². The summed E-state index contributed by atoms with van der Waals surface area (Å²) in [4.78, 5) is 11.0. The van der Waals surface area contributed by atoms with Gasteiger partial charge in [-0.1, -0.05) is 6.92 Å². The number of anilines is 1. The van der Waals surface area contributed by atoms with E-state index in [-0.39, 0.29) is 22.7 Å². The zero-order valence-electron chi connectivity index (χ0n) is 19.5. The number of nitrogens with two attached hydrogens (primary N) is 2. The monoisotopic (exact) mass is 465 g/mol. The van der Waals surface area contributed by atoms with Crippen LogP contribution in [0, 0.1) is 23.2 Å². The van der Waals surface area contributed by atoms with Crippen LogP contribution >= 0.6 is 0 Å². The molecule has 0 spiro atoms. The standard InChI is InChI=1S/C24H34F3N5O/c1-14(2)31-19(11-18(28)16-10-17(24(25,26)27)22(29)30-13-16)21-20-15(3)12-23(20,21)4-5-32-6-8-33-9-7-32/h10-11,13-15,20-21H,4-9,12,28H2,1-3H3,(H2,29,30)/t15?,20-,21?,23+/m0/s1. The van der Waals surface area contributed by atoms with Crippen molar-refractivity contribution < 1.29 is 17.9 Å². The van der Waals surface area contributed by atoms with Crippen molar-refractivity contribution in [1.82, 2.24) is 9.88 Å². The van der Waals surface area contributed by atoms with Crippen LogP contribution in [0.2, 0.25) is 0 Å². The lowest BCUT2D eigenvalue weighted by Gasteiger charge is -2.35. The molecule has 2 heterocycles. The van der Waals surface area contributed by atoms with Crippen molar-refractivity contribution in [2.75, 3.05) is 38.6 Å². The third kappa shape index (κ3) is 4.75. The number of allylic oxidation sites excluding steroid dienone is 1. The van der Waals surface area contributed by atoms with Crippen LogP contribution in [0.25, 0.3) is 5.70 Å². The maximum absolute atomic E-state index is 13.3. The van der Waals surface area contributed by atoms with Crippen LogP contribution in [0.15, 0.2) is 23.3 Å². The Kier molecular flexibility index (Phi) is 6.48. The van der Waals surface area contributed by atoms with Gasteiger partial charge in [0.25, 0.3) is 0 Å². The fourth-order valence-corrected chi connectivity index (χ4v) is 5.95. The Morgan fingerprint density at radius 3 is 2.67 bits per heavy atom. The van der Waals surface area contributed by atoms with Gasteiger partial charge in [0.05, 0.1) is 18.8 Å². The van der Waals surface area contributed by atoms with Crippen LogP contribution in [0.5, 0.6) is 0 Å². The summed E-state index contributed by atoms with van der Waals surface area (Å²) in [6, 6.07) is 1.03. The Labute approximate surface area is 193 Å². The lowest BCUT2D eigenvalue weighted by atomic mass is 9.74. The molecule has 2 unspecified atom stereocenters. The van der Waals surface area contributed by atoms with Crippen LogP contribution in [0.1, 0.15) is 44.7 Å². The lowest BCUT2D eigenvalue weighted by Crippen LogP contribution is -2.39. The van der Waals surface area contributed by atoms with Gasteiger partial charge in [0.1, 0.15) is 5.82 Å². The highest BCUT2D eigenvalue weighted by molar-refractivity contribution is 6.05. The molecule has 1 aliphatic heterocycles. The van der Waals surface area contributed by atoms with Crippen molar-refractivity contribution >= 4 is 17.2 Å². The number of nitrogens with zero attached hydrogens (tertiary/aromatic N) is 3. The Hall–Kier alpha value is -2.13. The number of morpholine rings is 1. The Morgan fingerprint density at radius 2 is 2.06 bits per heavy atom. The molecule has 33 heavy (non-hydrogen) atoms. The topological polar surface area (TPSA) is 89.8 Å². The highest BCUT2D eigenvalue weighted by Gasteiger charge is 2.74. The molecule has 4 atom stereocenters. The van der Waals surface area contributed by atoms with E-state index < -0.39 is 17.6 Å². The minimum atomic E-state index is -4.59. The molecule has 6 nitrogen and oxygen atoms in total. The molecule has 4 rings (SSSR count). The summed E-state index contributed by atoms with van der Waals surface area (Å²) in [5.41, 5.74) is 12.3. The number of aliphatic imine (C=N–C) groups is 1. The summed E-state index contributed by atoms with van der Waals surface area (Å²) in [6.07, 6.45) is 0.719. The van der Waals surface area contributed by atoms with Crippen molar-refractivity contribution in [2.45, 2.75) is 45.8 Å². The van der Waals surface area contributed by atoms with Gasteiger partial charge in [0.15, 0.2) is 0 Å². The van der Waals surface area contributed by atoms with Crippen molar-refractivity contribution in [2.24, 2.45) is 33.9 Å². The van der Waals surface area contributed by atoms with E-state index in [2.05, 4.69) is 16.8 Å². The van der Waals surface area contributed by atoms with Crippen molar-refractivity contribution in [3.63, 3.8) is 0 Å². The summed E-state index contributed by atoms with van der Waals surface area (Å²) < 4.78 is 45.3. The van der Waals surface area contributed by atoms with Crippen LogP contribution in [0.3, 0.4) is 0 Å². The first kappa shape index (κ1) is 24.0. The SMILES string of the molecule is CC(C)N=C(C=C(N)c1cnc(N)c(C(F)(F)F)c1)C1[C@@H]2C(C)C[C@@]12CCN1CCOCC1. The van der Waals surface area contributed by atoms with E-state index in [1.165, 1.54) is 6.20 Å². The van der Waals surface area contributed by atoms with E-state index in [1.807, 2.05) is 13.8 Å². The van der Waals surface area contributed by atoms with Crippen LogP contribution in [-0.2, 0) is 10.9 Å². The number of fused-ring (bicyclic) bond motifs is 1. The predicted octanol–water partition coefficient (Wildman–Crippen LogP) is 3.83. The lowest BCUT2D eigenvalue weighted by molar-refractivity contribution is -0.137. The molecule has 0 aromatic carbocycles. The molecule has 3 fully saturated rings. The number of alkyl halides is 3. The molecule has 2 aliphatic carbocycles. The maximum Gasteiger partial charge on any atom is 0.419 e. The maximum atomic E-state index is 13.3. The Morgan fingerprint density at radius 1 is 1.36 bits per heavy atom. The smallest absolute Gasteiger partial charge is 0.398 e. The number of pyridine rings is 1. The molecule has 2 saturated carbocycles. The molecule has 9 heteroatoms. The van der Waals surface area contributed by atoms with Crippen LogP contribution in [0.4, 0.5) is 19.0 Å². The number of ether oxygens (including phenoxy) is 1. The molecule has 1 saturated heterocycles. The average Bonchev–Trinajstić information content (AvgIpc) is 3.30. The minimum absolute atomic E-state index is 0.0610. The summed E-state index contributed by atoms with van der Waals surface area (Å²) in [6.45, 7) is 10.8. The molecule has 4 N–H and O–H groups in total. The van der Waals surface area contributed by atoms with Crippen LogP contribution < -0.4 is 11.5 Å². The summed E-state index contributed by atoms with van der Waals surface area (Å²) >= 11 is 0. The minimum Gasteiger partial charge on any atom is -0.398 e. The van der Waals surface area contributed by atoms with E-state index in [4.69, 9.17) is 21.2 Å². The first-order valence-corrected chi connectivity index (χ1v) is 11.7. The van der Waals surface area contributed by atoms with Gasteiger partial charge in [-0.15, -0.1) is 0 Å². The number of aromatic nitrogens is 1. The van der Waals surface area contributed by atoms with Crippen molar-refractivity contribution in [3.8, 4) is 0 Å². The molecule has 0 radical (unpaired) electrons. The first-order valence-electron chi connectivity index (χ1n) is 11.7. The largest absolute Gasteiger partial charge is 0.419 e. The summed E-state index contributed by atoms with van der Waals surface area (Å²) in [7, 11) is 0. The third-order valence-electron chi connectivity index (χ3n) is 7.43. The van der Waals surface area contributed by atoms with Gasteiger partial charge in [-0.3, -0.25) is 9.89 Å². The van der Waals surface area contributed by atoms with Gasteiger partial charge in [-0.25, -0.2) is 4.98 Å². The van der Waals surface area contributed by atoms with Crippen LogP contribution in [-0.4, -0.2) is 54.5 Å². The first-order chi connectivity index (χ1) is 15.5. The molecule has 1 aromatic rings. The normalized spacial score (nSPS) is 30.8. The molecule has 3 aliphatic rings. The second-order valence-electron chi connectivity index (χ2n) is 10.0. The van der Waals surface area contributed by atoms with Gasteiger partial charge in [-0.05, 0) is 62.6 Å². The van der Waals surface area contributed by atoms with Gasteiger partial charge < -0.3 is 16.2 Å². The van der Waals surface area contributed by atoms with Gasteiger partial charge in [-0.2, -0.15) is 13.2 Å². The molecule has 0 bridgehead atoms. The second-order valence-corrected chi connectivity index (χ2v) is 10.0. The number of rotatable bonds is 7. The molecular weight excluding hydrogens is 431 g/mol. The zero-order valence-corrected chi connectivity index (χ0v) is 19.5. The number of hydrogen-bond acceptors (Lipinski definition) is 6. The fraction of sp³-hybridized carbons (Fsp3) is 0.667. The fourth-order valence-electron chi connectivity index (χ4n) is 5.95. The quantitative estimate of drug-likeness (QED) is 0.598. The van der Waals surface area contributed by atoms with Crippen molar-refractivity contribution in [1.29, 1.82) is 0 Å². The van der Waals surface area contributed by atoms with E-state index in [0.717, 1.165) is 57.5 Å². The molecular formula is C24H34F3N5O. The zero-order chi connectivity index (χ0) is 24.0. The van der Waals surface area contributed by atoms with E-state index in [0.29, 0.717) is 17.8 Å². The molecule has 1 aromatic heterocycles. The van der Waals surface area contributed by atoms with Crippen molar-refractivity contribution in [3.05, 3.63) is 29.5 Å². The van der Waals surface area contributed by atoms with E-state index >= 15 is 0 Å².